The van der Waals surface area contributed by atoms with E-state index in [4.69, 9.17) is 0 Å². The van der Waals surface area contributed by atoms with Gasteiger partial charge in [0.25, 0.3) is 11.2 Å². The van der Waals surface area contributed by atoms with Gasteiger partial charge >= 0.3 is 0 Å². The molecule has 1 aliphatic rings. The Balaban J connectivity index is 2.77. The van der Waals surface area contributed by atoms with Crippen LogP contribution in [0.15, 0.2) is 8.80 Å². The lowest BCUT2D eigenvalue weighted by Gasteiger charge is -2.21. The van der Waals surface area contributed by atoms with Crippen LogP contribution in [-0.2, 0) is 11.2 Å². The fraction of sp³-hybridized carbons (Fsp3) is 0.714. The van der Waals surface area contributed by atoms with Gasteiger partial charge in [0.1, 0.15) is 0 Å². The molecule has 0 aromatic heterocycles. The average molecular weight is 202 g/mol. The third-order valence-corrected chi connectivity index (χ3v) is 1.97. The maximum Gasteiger partial charge on any atom is 0.269 e. The van der Waals surface area contributed by atoms with E-state index in [1.54, 1.807) is 7.05 Å². The lowest BCUT2D eigenvalue weighted by molar-refractivity contribution is 0.514. The Morgan fingerprint density at radius 1 is 1.23 bits per heavy atom. The molecule has 0 saturated carbocycles. The smallest absolute Gasteiger partial charge is 0.269 e. The van der Waals surface area contributed by atoms with Crippen LogP contribution in [0.1, 0.15) is 20.8 Å². The minimum absolute atomic E-state index is 0.106. The van der Waals surface area contributed by atoms with Crippen molar-refractivity contribution in [3.63, 3.8) is 0 Å². The van der Waals surface area contributed by atoms with Crippen LogP contribution in [0.3, 0.4) is 0 Å². The van der Waals surface area contributed by atoms with E-state index < -0.39 is 11.2 Å². The van der Waals surface area contributed by atoms with Crippen molar-refractivity contribution in [1.29, 1.82) is 0 Å². The molecule has 1 atom stereocenters. The molecule has 0 aromatic carbocycles. The summed E-state index contributed by atoms with van der Waals surface area (Å²) in [5, 5.41) is 5.94. The summed E-state index contributed by atoms with van der Waals surface area (Å²) >= 11 is -1.47. The van der Waals surface area contributed by atoms with Crippen molar-refractivity contribution < 1.29 is 4.21 Å². The SMILES string of the molecule is CNC1=NS(=O)N=C1NC(C)(C)C. The molecule has 2 N–H and O–H groups in total. The lowest BCUT2D eigenvalue weighted by atomic mass is 10.1. The first-order valence-corrected chi connectivity index (χ1v) is 5.04. The number of hydrogen-bond donors (Lipinski definition) is 2. The highest BCUT2D eigenvalue weighted by Crippen LogP contribution is 2.04. The molecule has 74 valence electrons. The monoisotopic (exact) mass is 202 g/mol. The van der Waals surface area contributed by atoms with Crippen molar-refractivity contribution in [2.24, 2.45) is 8.80 Å². The molecule has 1 rings (SSSR count). The van der Waals surface area contributed by atoms with Crippen molar-refractivity contribution in [1.82, 2.24) is 10.6 Å². The Labute approximate surface area is 80.5 Å². The summed E-state index contributed by atoms with van der Waals surface area (Å²) < 4.78 is 18.6. The summed E-state index contributed by atoms with van der Waals surface area (Å²) in [6, 6.07) is 0. The largest absolute Gasteiger partial charge is 0.369 e. The highest BCUT2D eigenvalue weighted by Gasteiger charge is 2.21. The second-order valence-electron chi connectivity index (χ2n) is 3.74. The number of amidine groups is 2. The molecule has 1 aliphatic heterocycles. The fourth-order valence-electron chi connectivity index (χ4n) is 0.864. The number of hydrogen-bond acceptors (Lipinski definition) is 3. The predicted octanol–water partition coefficient (Wildman–Crippen LogP) is -0.0168. The third-order valence-electron chi connectivity index (χ3n) is 1.29. The summed E-state index contributed by atoms with van der Waals surface area (Å²) in [6.07, 6.45) is 0. The summed E-state index contributed by atoms with van der Waals surface area (Å²) in [5.41, 5.74) is -0.106. The molecule has 0 spiro atoms. The number of nitrogens with zero attached hydrogens (tertiary/aromatic N) is 2. The Kier molecular flexibility index (Phi) is 2.70. The predicted molar refractivity (Wildman–Crippen MR) is 55.0 cm³/mol. The maximum absolute atomic E-state index is 11.0. The molecular formula is C7H14N4OS. The fourth-order valence-corrected chi connectivity index (χ4v) is 1.53. The highest BCUT2D eigenvalue weighted by molar-refractivity contribution is 7.83. The molecule has 0 aromatic rings. The van der Waals surface area contributed by atoms with E-state index in [1.165, 1.54) is 0 Å². The van der Waals surface area contributed by atoms with Crippen LogP contribution in [0, 0.1) is 0 Å². The van der Waals surface area contributed by atoms with Crippen LogP contribution in [0.2, 0.25) is 0 Å². The van der Waals surface area contributed by atoms with Crippen LogP contribution in [0.5, 0.6) is 0 Å². The van der Waals surface area contributed by atoms with Crippen molar-refractivity contribution in [3.05, 3.63) is 0 Å². The lowest BCUT2D eigenvalue weighted by Crippen LogP contribution is -2.46. The minimum Gasteiger partial charge on any atom is -0.369 e. The Morgan fingerprint density at radius 3 is 2.23 bits per heavy atom. The van der Waals surface area contributed by atoms with Gasteiger partial charge in [-0.15, -0.1) is 8.80 Å². The molecule has 0 bridgehead atoms. The van der Waals surface area contributed by atoms with Crippen molar-refractivity contribution in [3.8, 4) is 0 Å². The first-order valence-electron chi connectivity index (χ1n) is 3.98. The van der Waals surface area contributed by atoms with Gasteiger partial charge in [0.2, 0.25) is 0 Å². The summed E-state index contributed by atoms with van der Waals surface area (Å²) in [6.45, 7) is 6.01. The van der Waals surface area contributed by atoms with Crippen LogP contribution < -0.4 is 10.6 Å². The van der Waals surface area contributed by atoms with Gasteiger partial charge in [0, 0.05) is 12.6 Å². The van der Waals surface area contributed by atoms with Crippen molar-refractivity contribution in [2.75, 3.05) is 7.05 Å². The summed E-state index contributed by atoms with van der Waals surface area (Å²) in [7, 11) is 1.72. The van der Waals surface area contributed by atoms with E-state index in [0.717, 1.165) is 0 Å². The zero-order valence-electron chi connectivity index (χ0n) is 8.21. The average Bonchev–Trinajstić information content (AvgIpc) is 2.27. The molecule has 5 nitrogen and oxygen atoms in total. The molecular weight excluding hydrogens is 188 g/mol. The van der Waals surface area contributed by atoms with Crippen LogP contribution in [-0.4, -0.2) is 28.5 Å². The molecule has 0 radical (unpaired) electrons. The second-order valence-corrected chi connectivity index (χ2v) is 4.56. The van der Waals surface area contributed by atoms with E-state index >= 15 is 0 Å². The van der Waals surface area contributed by atoms with Crippen LogP contribution >= 0.6 is 0 Å². The van der Waals surface area contributed by atoms with Gasteiger partial charge in [0.05, 0.1) is 0 Å². The van der Waals surface area contributed by atoms with E-state index in [0.29, 0.717) is 11.7 Å². The van der Waals surface area contributed by atoms with E-state index in [1.807, 2.05) is 20.8 Å². The molecule has 0 fully saturated rings. The van der Waals surface area contributed by atoms with Gasteiger partial charge in [-0.05, 0) is 20.8 Å². The molecule has 13 heavy (non-hydrogen) atoms. The number of likely N-dealkylation sites (N-methyl/N-ethyl adjacent to an activating group) is 1. The van der Waals surface area contributed by atoms with Gasteiger partial charge in [-0.3, -0.25) is 0 Å². The molecule has 0 saturated heterocycles. The van der Waals surface area contributed by atoms with E-state index in [-0.39, 0.29) is 5.54 Å². The number of nitrogens with one attached hydrogen (secondary N) is 2. The Bertz CT molecular complexity index is 289. The standard InChI is InChI=1S/C7H14N4OS/c1-7(2,3)9-6-5(8-4)10-13(12)11-6/h1-4H3,(H,8,10)(H,9,11). The molecule has 0 amide bonds. The summed E-state index contributed by atoms with van der Waals surface area (Å²) in [5.74, 6) is 1.11. The normalized spacial score (nSPS) is 22.3. The third kappa shape index (κ3) is 2.80. The Morgan fingerprint density at radius 2 is 1.77 bits per heavy atom. The molecule has 0 aliphatic carbocycles. The zero-order valence-corrected chi connectivity index (χ0v) is 9.03. The number of rotatable bonds is 0. The van der Waals surface area contributed by atoms with Gasteiger partial charge in [-0.25, -0.2) is 4.21 Å². The first-order chi connectivity index (χ1) is 5.92. The van der Waals surface area contributed by atoms with E-state index in [9.17, 15) is 4.21 Å². The van der Waals surface area contributed by atoms with Gasteiger partial charge in [-0.2, -0.15) is 0 Å². The van der Waals surface area contributed by atoms with Crippen molar-refractivity contribution in [2.45, 2.75) is 26.3 Å². The van der Waals surface area contributed by atoms with Gasteiger partial charge in [0.15, 0.2) is 11.7 Å². The molecule has 1 unspecified atom stereocenters. The van der Waals surface area contributed by atoms with E-state index in [2.05, 4.69) is 19.4 Å². The Hall–Kier alpha value is -0.910. The minimum atomic E-state index is -1.47. The molecule has 6 heteroatoms. The first kappa shape index (κ1) is 10.2. The quantitative estimate of drug-likeness (QED) is 0.580. The maximum atomic E-state index is 11.0. The highest BCUT2D eigenvalue weighted by atomic mass is 32.2. The summed E-state index contributed by atoms with van der Waals surface area (Å²) in [4.78, 5) is 0. The van der Waals surface area contributed by atoms with Crippen LogP contribution in [0.25, 0.3) is 0 Å². The molecule has 1 heterocycles. The van der Waals surface area contributed by atoms with Crippen LogP contribution in [0.4, 0.5) is 0 Å². The topological polar surface area (TPSA) is 65.8 Å². The zero-order chi connectivity index (χ0) is 10.1. The van der Waals surface area contributed by atoms with Crippen molar-refractivity contribution >= 4 is 22.8 Å². The van der Waals surface area contributed by atoms with Gasteiger partial charge in [-0.1, -0.05) is 0 Å². The van der Waals surface area contributed by atoms with Gasteiger partial charge < -0.3 is 10.6 Å². The second kappa shape index (κ2) is 3.45.